The van der Waals surface area contributed by atoms with Crippen LogP contribution in [0.3, 0.4) is 0 Å². The monoisotopic (exact) mass is 367 g/mol. The molecular formula is C22H29N3O2. The van der Waals surface area contributed by atoms with Gasteiger partial charge in [0.2, 0.25) is 0 Å². The highest BCUT2D eigenvalue weighted by molar-refractivity contribution is 5.95. The van der Waals surface area contributed by atoms with Crippen LogP contribution in [0.2, 0.25) is 0 Å². The molecule has 5 nitrogen and oxygen atoms in total. The summed E-state index contributed by atoms with van der Waals surface area (Å²) in [5, 5.41) is 0. The van der Waals surface area contributed by atoms with E-state index < -0.39 is 0 Å². The van der Waals surface area contributed by atoms with E-state index in [-0.39, 0.29) is 11.3 Å². The molecule has 5 heteroatoms. The van der Waals surface area contributed by atoms with Crippen molar-refractivity contribution in [2.24, 2.45) is 5.41 Å². The summed E-state index contributed by atoms with van der Waals surface area (Å²) in [5.74, 6) is 1.66. The molecule has 2 aliphatic heterocycles. The molecule has 1 spiro atoms. The number of nitrogens with zero attached hydrogens (tertiary/aromatic N) is 3. The lowest BCUT2D eigenvalue weighted by Gasteiger charge is -2.40. The number of hydrogen-bond donors (Lipinski definition) is 0. The maximum Gasteiger partial charge on any atom is 0.257 e. The molecule has 0 aliphatic carbocycles. The first-order valence-corrected chi connectivity index (χ1v) is 9.95. The van der Waals surface area contributed by atoms with E-state index in [2.05, 4.69) is 22.0 Å². The van der Waals surface area contributed by atoms with Crippen LogP contribution in [0.5, 0.6) is 0 Å². The third-order valence-electron chi connectivity index (χ3n) is 6.07. The standard InChI is InChI=1S/C22H29N3O2/c1-16-6-4-7-19(23-16)13-24-10-5-8-22(14-24)9-11-25(15-22)21(26)20-12-17(2)27-18(20)3/h4,6-7,12H,5,8-11,13-15H2,1-3H3/t22-/m0/s1. The SMILES string of the molecule is Cc1cccc(CN2CCC[C@]3(CCN(C(=O)c4cc(C)oc4C)C3)C2)n1. The van der Waals surface area contributed by atoms with Gasteiger partial charge in [0, 0.05) is 37.3 Å². The van der Waals surface area contributed by atoms with Gasteiger partial charge >= 0.3 is 0 Å². The van der Waals surface area contributed by atoms with Crippen molar-refractivity contribution in [3.05, 3.63) is 52.7 Å². The number of aromatic nitrogens is 1. The van der Waals surface area contributed by atoms with Gasteiger partial charge < -0.3 is 9.32 Å². The van der Waals surface area contributed by atoms with Crippen molar-refractivity contribution in [3.63, 3.8) is 0 Å². The van der Waals surface area contributed by atoms with Crippen LogP contribution in [-0.4, -0.2) is 46.9 Å². The first kappa shape index (κ1) is 18.2. The first-order chi connectivity index (χ1) is 12.9. The summed E-state index contributed by atoms with van der Waals surface area (Å²) in [7, 11) is 0. The lowest BCUT2D eigenvalue weighted by molar-refractivity contribution is 0.0671. The van der Waals surface area contributed by atoms with Gasteiger partial charge in [-0.2, -0.15) is 0 Å². The minimum Gasteiger partial charge on any atom is -0.466 e. The summed E-state index contributed by atoms with van der Waals surface area (Å²) >= 11 is 0. The van der Waals surface area contributed by atoms with Gasteiger partial charge in [0.1, 0.15) is 11.5 Å². The second-order valence-electron chi connectivity index (χ2n) is 8.39. The van der Waals surface area contributed by atoms with Crippen molar-refractivity contribution in [3.8, 4) is 0 Å². The number of carbonyl (C=O) groups is 1. The molecule has 0 unspecified atom stereocenters. The minimum absolute atomic E-state index is 0.124. The van der Waals surface area contributed by atoms with Crippen molar-refractivity contribution < 1.29 is 9.21 Å². The summed E-state index contributed by atoms with van der Waals surface area (Å²) in [6.07, 6.45) is 3.49. The van der Waals surface area contributed by atoms with Gasteiger partial charge in [-0.15, -0.1) is 0 Å². The number of piperidine rings is 1. The van der Waals surface area contributed by atoms with E-state index >= 15 is 0 Å². The maximum absolute atomic E-state index is 13.0. The Labute approximate surface area is 161 Å². The Morgan fingerprint density at radius 1 is 1.19 bits per heavy atom. The lowest BCUT2D eigenvalue weighted by atomic mass is 9.79. The smallest absolute Gasteiger partial charge is 0.257 e. The lowest BCUT2D eigenvalue weighted by Crippen LogP contribution is -2.45. The molecule has 2 fully saturated rings. The number of furan rings is 1. The van der Waals surface area contributed by atoms with Gasteiger partial charge in [-0.25, -0.2) is 0 Å². The van der Waals surface area contributed by atoms with Crippen LogP contribution < -0.4 is 0 Å². The van der Waals surface area contributed by atoms with Gasteiger partial charge in [-0.3, -0.25) is 14.7 Å². The fourth-order valence-corrected chi connectivity index (χ4v) is 4.82. The number of likely N-dealkylation sites (tertiary alicyclic amines) is 2. The van der Waals surface area contributed by atoms with E-state index in [0.29, 0.717) is 0 Å². The van der Waals surface area contributed by atoms with Crippen molar-refractivity contribution in [2.45, 2.75) is 46.6 Å². The van der Waals surface area contributed by atoms with Crippen LogP contribution >= 0.6 is 0 Å². The highest BCUT2D eigenvalue weighted by Crippen LogP contribution is 2.40. The Morgan fingerprint density at radius 3 is 2.78 bits per heavy atom. The quantitative estimate of drug-likeness (QED) is 0.829. The van der Waals surface area contributed by atoms with Gasteiger partial charge in [0.05, 0.1) is 11.3 Å². The highest BCUT2D eigenvalue weighted by Gasteiger charge is 2.43. The highest BCUT2D eigenvalue weighted by atomic mass is 16.3. The van der Waals surface area contributed by atoms with E-state index in [1.807, 2.05) is 37.8 Å². The second-order valence-corrected chi connectivity index (χ2v) is 8.39. The van der Waals surface area contributed by atoms with Crippen LogP contribution in [0, 0.1) is 26.2 Å². The number of pyridine rings is 1. The molecule has 2 aromatic rings. The number of carbonyl (C=O) groups excluding carboxylic acids is 1. The molecule has 1 atom stereocenters. The van der Waals surface area contributed by atoms with Crippen molar-refractivity contribution >= 4 is 5.91 Å². The van der Waals surface area contributed by atoms with Crippen molar-refractivity contribution in [1.29, 1.82) is 0 Å². The molecule has 4 heterocycles. The third kappa shape index (κ3) is 3.79. The van der Waals surface area contributed by atoms with Crippen molar-refractivity contribution in [1.82, 2.24) is 14.8 Å². The summed E-state index contributed by atoms with van der Waals surface area (Å²) < 4.78 is 5.56. The first-order valence-electron chi connectivity index (χ1n) is 9.95. The zero-order valence-corrected chi connectivity index (χ0v) is 16.6. The maximum atomic E-state index is 13.0. The average molecular weight is 367 g/mol. The van der Waals surface area contributed by atoms with E-state index in [1.54, 1.807) is 0 Å². The molecular weight excluding hydrogens is 338 g/mol. The van der Waals surface area contributed by atoms with E-state index in [9.17, 15) is 4.79 Å². The fraction of sp³-hybridized carbons (Fsp3) is 0.545. The fourth-order valence-electron chi connectivity index (χ4n) is 4.82. The van der Waals surface area contributed by atoms with Gasteiger partial charge in [-0.05, 0) is 64.8 Å². The second kappa shape index (κ2) is 7.12. The van der Waals surface area contributed by atoms with Gasteiger partial charge in [0.15, 0.2) is 0 Å². The summed E-state index contributed by atoms with van der Waals surface area (Å²) in [4.78, 5) is 22.2. The van der Waals surface area contributed by atoms with Crippen LogP contribution in [0.1, 0.15) is 52.5 Å². The normalized spacial score (nSPS) is 23.3. The molecule has 2 saturated heterocycles. The molecule has 1 amide bonds. The Balaban J connectivity index is 1.43. The zero-order chi connectivity index (χ0) is 19.0. The third-order valence-corrected chi connectivity index (χ3v) is 6.07. The predicted molar refractivity (Wildman–Crippen MR) is 105 cm³/mol. The Hall–Kier alpha value is -2.14. The molecule has 27 heavy (non-hydrogen) atoms. The summed E-state index contributed by atoms with van der Waals surface area (Å²) in [6.45, 7) is 10.6. The largest absolute Gasteiger partial charge is 0.466 e. The molecule has 144 valence electrons. The molecule has 0 saturated carbocycles. The van der Waals surface area contributed by atoms with Crippen molar-refractivity contribution in [2.75, 3.05) is 26.2 Å². The number of rotatable bonds is 3. The number of amides is 1. The predicted octanol–water partition coefficient (Wildman–Crippen LogP) is 3.73. The number of hydrogen-bond acceptors (Lipinski definition) is 4. The Morgan fingerprint density at radius 2 is 2.04 bits per heavy atom. The molecule has 4 rings (SSSR count). The summed E-state index contributed by atoms with van der Waals surface area (Å²) in [5.41, 5.74) is 3.16. The average Bonchev–Trinajstić information content (AvgIpc) is 3.17. The minimum atomic E-state index is 0.124. The van der Waals surface area contributed by atoms with E-state index in [4.69, 9.17) is 4.42 Å². The van der Waals surface area contributed by atoms with Crippen LogP contribution in [0.25, 0.3) is 0 Å². The Kier molecular flexibility index (Phi) is 4.81. The topological polar surface area (TPSA) is 49.6 Å². The van der Waals surface area contributed by atoms with Gasteiger partial charge in [0.25, 0.3) is 5.91 Å². The van der Waals surface area contributed by atoms with Crippen LogP contribution in [-0.2, 0) is 6.54 Å². The molecule has 0 bridgehead atoms. The summed E-state index contributed by atoms with van der Waals surface area (Å²) in [6, 6.07) is 8.12. The van der Waals surface area contributed by atoms with Crippen LogP contribution in [0.15, 0.2) is 28.7 Å². The van der Waals surface area contributed by atoms with E-state index in [0.717, 1.165) is 67.6 Å². The zero-order valence-electron chi connectivity index (χ0n) is 16.6. The molecule has 0 radical (unpaired) electrons. The molecule has 0 N–H and O–H groups in total. The van der Waals surface area contributed by atoms with Gasteiger partial charge in [-0.1, -0.05) is 6.07 Å². The van der Waals surface area contributed by atoms with E-state index in [1.165, 1.54) is 12.8 Å². The molecule has 2 aromatic heterocycles. The van der Waals surface area contributed by atoms with Crippen LogP contribution in [0.4, 0.5) is 0 Å². The Bertz CT molecular complexity index is 844. The number of aryl methyl sites for hydroxylation is 3. The molecule has 2 aliphatic rings. The molecule has 0 aromatic carbocycles.